The van der Waals surface area contributed by atoms with Crippen LogP contribution in [0.25, 0.3) is 0 Å². The van der Waals surface area contributed by atoms with E-state index in [-0.39, 0.29) is 0 Å². The Morgan fingerprint density at radius 1 is 1.53 bits per heavy atom. The fourth-order valence-corrected chi connectivity index (χ4v) is 3.84. The van der Waals surface area contributed by atoms with Gasteiger partial charge in [-0.2, -0.15) is 0 Å². The molecule has 2 nitrogen and oxygen atoms in total. The zero-order valence-corrected chi connectivity index (χ0v) is 11.5. The Labute approximate surface area is 101 Å². The first-order chi connectivity index (χ1) is 7.11. The molecule has 2 unspecified atom stereocenters. The lowest BCUT2D eigenvalue weighted by molar-refractivity contribution is 0.530. The molecule has 0 spiro atoms. The molecule has 0 aliphatic carbocycles. The molecule has 0 saturated carbocycles. The number of nitrogens with one attached hydrogen (secondary N) is 1. The number of thioether (sulfide) groups is 1. The van der Waals surface area contributed by atoms with Crippen LogP contribution in [0.4, 0.5) is 0 Å². The van der Waals surface area contributed by atoms with Crippen molar-refractivity contribution in [2.75, 3.05) is 6.54 Å². The van der Waals surface area contributed by atoms with Crippen LogP contribution in [-0.4, -0.2) is 22.8 Å². The second kappa shape index (κ2) is 6.51. The van der Waals surface area contributed by atoms with Gasteiger partial charge in [-0.1, -0.05) is 25.6 Å². The molecule has 0 amide bonds. The summed E-state index contributed by atoms with van der Waals surface area (Å²) in [5, 5.41) is 6.18. The number of nitrogens with zero attached hydrogens (tertiary/aromatic N) is 1. The number of aryl methyl sites for hydroxylation is 1. The molecule has 0 fully saturated rings. The first-order valence-electron chi connectivity index (χ1n) is 5.44. The van der Waals surface area contributed by atoms with Gasteiger partial charge in [0.05, 0.1) is 0 Å². The minimum absolute atomic E-state index is 0.596. The van der Waals surface area contributed by atoms with E-state index < -0.39 is 0 Å². The van der Waals surface area contributed by atoms with Gasteiger partial charge in [0.15, 0.2) is 0 Å². The van der Waals surface area contributed by atoms with Gasteiger partial charge in [0, 0.05) is 22.4 Å². The van der Waals surface area contributed by atoms with Crippen molar-refractivity contribution in [3.05, 3.63) is 11.1 Å². The summed E-state index contributed by atoms with van der Waals surface area (Å²) in [7, 11) is 0. The molecule has 0 radical (unpaired) electrons. The Balaban J connectivity index is 2.32. The Bertz CT molecular complexity index is 286. The van der Waals surface area contributed by atoms with Gasteiger partial charge in [-0.3, -0.25) is 0 Å². The second-order valence-electron chi connectivity index (χ2n) is 3.88. The van der Waals surface area contributed by atoms with Crippen molar-refractivity contribution in [2.45, 2.75) is 49.7 Å². The molecular weight excluding hydrogens is 224 g/mol. The monoisotopic (exact) mass is 244 g/mol. The van der Waals surface area contributed by atoms with Crippen molar-refractivity contribution in [2.24, 2.45) is 0 Å². The highest BCUT2D eigenvalue weighted by Crippen LogP contribution is 2.28. The first kappa shape index (κ1) is 13.0. The third kappa shape index (κ3) is 5.00. The first-order valence-corrected chi connectivity index (χ1v) is 7.20. The van der Waals surface area contributed by atoms with E-state index in [9.17, 15) is 0 Å². The molecule has 1 aromatic rings. The van der Waals surface area contributed by atoms with Gasteiger partial charge in [0.2, 0.25) is 0 Å². The van der Waals surface area contributed by atoms with Crippen LogP contribution in [0.15, 0.2) is 9.72 Å². The molecule has 86 valence electrons. The van der Waals surface area contributed by atoms with Crippen LogP contribution in [-0.2, 0) is 0 Å². The minimum Gasteiger partial charge on any atom is -0.314 e. The summed E-state index contributed by atoms with van der Waals surface area (Å²) in [6, 6.07) is 0.596. The van der Waals surface area contributed by atoms with Crippen LogP contribution in [0, 0.1) is 6.92 Å². The second-order valence-corrected chi connectivity index (χ2v) is 6.42. The third-order valence-electron chi connectivity index (χ3n) is 2.14. The molecule has 0 aliphatic rings. The van der Waals surface area contributed by atoms with Gasteiger partial charge >= 0.3 is 0 Å². The highest BCUT2D eigenvalue weighted by atomic mass is 32.2. The van der Waals surface area contributed by atoms with Crippen LogP contribution in [0.1, 0.15) is 32.9 Å². The SMILES string of the molecule is CCNC(C)CC(C)Sc1nc(C)cs1. The van der Waals surface area contributed by atoms with Crippen molar-refractivity contribution in [1.82, 2.24) is 10.3 Å². The van der Waals surface area contributed by atoms with Gasteiger partial charge < -0.3 is 5.32 Å². The molecule has 1 rings (SSSR count). The molecule has 0 bridgehead atoms. The van der Waals surface area contributed by atoms with Crippen molar-refractivity contribution < 1.29 is 0 Å². The van der Waals surface area contributed by atoms with E-state index in [0.717, 1.165) is 12.2 Å². The molecule has 1 N–H and O–H groups in total. The summed E-state index contributed by atoms with van der Waals surface area (Å²) in [6.07, 6.45) is 1.19. The maximum atomic E-state index is 4.47. The van der Waals surface area contributed by atoms with Gasteiger partial charge in [-0.05, 0) is 26.8 Å². The molecule has 15 heavy (non-hydrogen) atoms. The summed E-state index contributed by atoms with van der Waals surface area (Å²) in [4.78, 5) is 4.47. The minimum atomic E-state index is 0.596. The Morgan fingerprint density at radius 2 is 2.27 bits per heavy atom. The molecule has 1 aromatic heterocycles. The molecule has 0 aliphatic heterocycles. The summed E-state index contributed by atoms with van der Waals surface area (Å²) in [5.74, 6) is 0. The number of rotatable bonds is 6. The third-order valence-corrected chi connectivity index (χ3v) is 4.35. The Kier molecular flexibility index (Phi) is 5.64. The topological polar surface area (TPSA) is 24.9 Å². The lowest BCUT2D eigenvalue weighted by atomic mass is 10.2. The van der Waals surface area contributed by atoms with Crippen LogP contribution in [0.5, 0.6) is 0 Å². The van der Waals surface area contributed by atoms with E-state index in [1.54, 1.807) is 11.3 Å². The van der Waals surface area contributed by atoms with E-state index >= 15 is 0 Å². The van der Waals surface area contributed by atoms with E-state index in [4.69, 9.17) is 0 Å². The lowest BCUT2D eigenvalue weighted by Crippen LogP contribution is -2.28. The number of thiazole rings is 1. The van der Waals surface area contributed by atoms with Gasteiger partial charge in [0.1, 0.15) is 4.34 Å². The van der Waals surface area contributed by atoms with E-state index in [1.165, 1.54) is 10.8 Å². The van der Waals surface area contributed by atoms with Crippen molar-refractivity contribution >= 4 is 23.1 Å². The summed E-state index contributed by atoms with van der Waals surface area (Å²) in [6.45, 7) is 9.77. The molecule has 0 saturated heterocycles. The van der Waals surface area contributed by atoms with Gasteiger partial charge in [-0.15, -0.1) is 11.3 Å². The average molecular weight is 244 g/mol. The molecule has 0 aromatic carbocycles. The van der Waals surface area contributed by atoms with Gasteiger partial charge in [-0.25, -0.2) is 4.98 Å². The predicted molar refractivity (Wildman–Crippen MR) is 69.9 cm³/mol. The van der Waals surface area contributed by atoms with E-state index in [1.807, 2.05) is 18.7 Å². The van der Waals surface area contributed by atoms with E-state index in [0.29, 0.717) is 11.3 Å². The Hall–Kier alpha value is -0.0600. The number of aromatic nitrogens is 1. The zero-order valence-electron chi connectivity index (χ0n) is 9.91. The normalized spacial score (nSPS) is 15.2. The standard InChI is InChI=1S/C11H20N2S2/c1-5-12-8(2)6-10(4)15-11-13-9(3)7-14-11/h7-8,10,12H,5-6H2,1-4H3. The highest BCUT2D eigenvalue weighted by Gasteiger charge is 2.10. The van der Waals surface area contributed by atoms with Crippen molar-refractivity contribution in [1.29, 1.82) is 0 Å². The fourth-order valence-electron chi connectivity index (χ4n) is 1.54. The fraction of sp³-hybridized carbons (Fsp3) is 0.727. The van der Waals surface area contributed by atoms with Crippen LogP contribution < -0.4 is 5.32 Å². The quantitative estimate of drug-likeness (QED) is 0.777. The summed E-state index contributed by atoms with van der Waals surface area (Å²) in [5.41, 5.74) is 1.13. The zero-order chi connectivity index (χ0) is 11.3. The van der Waals surface area contributed by atoms with Gasteiger partial charge in [0.25, 0.3) is 0 Å². The number of hydrogen-bond donors (Lipinski definition) is 1. The number of hydrogen-bond acceptors (Lipinski definition) is 4. The highest BCUT2D eigenvalue weighted by molar-refractivity contribution is 8.01. The molecule has 4 heteroatoms. The maximum absolute atomic E-state index is 4.47. The van der Waals surface area contributed by atoms with Crippen LogP contribution >= 0.6 is 23.1 Å². The van der Waals surface area contributed by atoms with E-state index in [2.05, 4.69) is 36.5 Å². The van der Waals surface area contributed by atoms with Crippen LogP contribution in [0.3, 0.4) is 0 Å². The summed E-state index contributed by atoms with van der Waals surface area (Å²) >= 11 is 3.64. The maximum Gasteiger partial charge on any atom is 0.150 e. The Morgan fingerprint density at radius 3 is 2.80 bits per heavy atom. The molecule has 1 heterocycles. The van der Waals surface area contributed by atoms with Crippen molar-refractivity contribution in [3.8, 4) is 0 Å². The molecular formula is C11H20N2S2. The average Bonchev–Trinajstić information content (AvgIpc) is 2.51. The lowest BCUT2D eigenvalue weighted by Gasteiger charge is -2.16. The molecule has 2 atom stereocenters. The smallest absolute Gasteiger partial charge is 0.150 e. The largest absolute Gasteiger partial charge is 0.314 e. The van der Waals surface area contributed by atoms with Crippen molar-refractivity contribution in [3.63, 3.8) is 0 Å². The van der Waals surface area contributed by atoms with Crippen LogP contribution in [0.2, 0.25) is 0 Å². The summed E-state index contributed by atoms with van der Waals surface area (Å²) < 4.78 is 1.20. The predicted octanol–water partition coefficient (Wildman–Crippen LogP) is 3.32.